The molecule has 0 amide bonds. The number of hydrogen-bond acceptors (Lipinski definition) is 2. The van der Waals surface area contributed by atoms with Crippen LogP contribution in [0.3, 0.4) is 0 Å². The number of benzene rings is 1. The maximum atomic E-state index is 8.99. The monoisotopic (exact) mass is 208 g/mol. The summed E-state index contributed by atoms with van der Waals surface area (Å²) in [6.07, 6.45) is 0. The van der Waals surface area contributed by atoms with E-state index in [9.17, 15) is 0 Å². The minimum Gasteiger partial charge on any atom is -0.192 e. The van der Waals surface area contributed by atoms with Crippen LogP contribution < -0.4 is 4.57 Å². The minimum atomic E-state index is 0.597. The number of nitriles is 2. The van der Waals surface area contributed by atoms with E-state index in [1.807, 2.05) is 36.7 Å². The molecule has 2 rings (SSSR count). The highest BCUT2D eigenvalue weighted by molar-refractivity contribution is 5.85. The smallest absolute Gasteiger partial charge is 0.192 e. The summed E-state index contributed by atoms with van der Waals surface area (Å²) in [5.41, 5.74) is 2.24. The molecule has 0 unspecified atom stereocenters. The van der Waals surface area contributed by atoms with Gasteiger partial charge in [-0.2, -0.15) is 15.1 Å². The molecule has 1 aromatic heterocycles. The van der Waals surface area contributed by atoms with Crippen molar-refractivity contribution in [2.75, 3.05) is 0 Å². The summed E-state index contributed by atoms with van der Waals surface area (Å²) in [4.78, 5) is 0. The standard InChI is InChI=1S/C13H10N3/c1-9-13-4-3-10(7-14)5-11(13)6-12(8-15)16(9)2/h3-6H,1-2H3/q+1. The molecular weight excluding hydrogens is 198 g/mol. The van der Waals surface area contributed by atoms with Gasteiger partial charge >= 0.3 is 0 Å². The molecule has 16 heavy (non-hydrogen) atoms. The molecule has 0 N–H and O–H groups in total. The van der Waals surface area contributed by atoms with Gasteiger partial charge in [-0.25, -0.2) is 0 Å². The first-order valence-corrected chi connectivity index (χ1v) is 4.91. The van der Waals surface area contributed by atoms with Gasteiger partial charge in [0.05, 0.1) is 11.6 Å². The summed E-state index contributed by atoms with van der Waals surface area (Å²) in [6, 6.07) is 11.6. The average molecular weight is 208 g/mol. The highest BCUT2D eigenvalue weighted by Gasteiger charge is 2.13. The first-order valence-electron chi connectivity index (χ1n) is 4.91. The molecule has 76 valence electrons. The summed E-state index contributed by atoms with van der Waals surface area (Å²) in [7, 11) is 1.87. The third-order valence-electron chi connectivity index (χ3n) is 2.84. The molecule has 2 aromatic rings. The Morgan fingerprint density at radius 1 is 1.12 bits per heavy atom. The molecule has 3 nitrogen and oxygen atoms in total. The molecule has 0 bridgehead atoms. The van der Waals surface area contributed by atoms with E-state index in [4.69, 9.17) is 10.5 Å². The van der Waals surface area contributed by atoms with Gasteiger partial charge in [-0.1, -0.05) is 0 Å². The number of fused-ring (bicyclic) bond motifs is 1. The van der Waals surface area contributed by atoms with E-state index in [1.165, 1.54) is 0 Å². The average Bonchev–Trinajstić information content (AvgIpc) is 2.33. The molecule has 0 spiro atoms. The molecular formula is C13H10N3+. The van der Waals surface area contributed by atoms with Crippen LogP contribution in [-0.4, -0.2) is 0 Å². The zero-order valence-corrected chi connectivity index (χ0v) is 9.15. The second-order valence-electron chi connectivity index (χ2n) is 3.70. The SMILES string of the molecule is Cc1c2ccc(C#N)cc2cc(C#N)[n+]1C. The van der Waals surface area contributed by atoms with E-state index < -0.39 is 0 Å². The van der Waals surface area contributed by atoms with Crippen LogP contribution >= 0.6 is 0 Å². The van der Waals surface area contributed by atoms with Gasteiger partial charge in [0, 0.05) is 18.4 Å². The van der Waals surface area contributed by atoms with Crippen molar-refractivity contribution in [1.82, 2.24) is 0 Å². The van der Waals surface area contributed by atoms with Crippen molar-refractivity contribution in [3.8, 4) is 12.1 Å². The van der Waals surface area contributed by atoms with E-state index in [0.29, 0.717) is 11.3 Å². The Morgan fingerprint density at radius 3 is 2.50 bits per heavy atom. The Kier molecular flexibility index (Phi) is 2.31. The number of hydrogen-bond donors (Lipinski definition) is 0. The summed E-state index contributed by atoms with van der Waals surface area (Å²) in [5, 5.41) is 19.8. The van der Waals surface area contributed by atoms with Crippen LogP contribution in [0.15, 0.2) is 24.3 Å². The second kappa shape index (κ2) is 3.64. The van der Waals surface area contributed by atoms with Crippen molar-refractivity contribution in [2.24, 2.45) is 7.05 Å². The minimum absolute atomic E-state index is 0.597. The van der Waals surface area contributed by atoms with Gasteiger partial charge < -0.3 is 0 Å². The molecule has 3 heteroatoms. The van der Waals surface area contributed by atoms with Gasteiger partial charge in [-0.05, 0) is 23.6 Å². The lowest BCUT2D eigenvalue weighted by molar-refractivity contribution is -0.678. The largest absolute Gasteiger partial charge is 0.284 e. The van der Waals surface area contributed by atoms with Gasteiger partial charge in [-0.3, -0.25) is 0 Å². The predicted molar refractivity (Wildman–Crippen MR) is 59.3 cm³/mol. The Balaban J connectivity index is 2.90. The van der Waals surface area contributed by atoms with Crippen LogP contribution in [0.5, 0.6) is 0 Å². The van der Waals surface area contributed by atoms with Crippen LogP contribution in [-0.2, 0) is 7.05 Å². The van der Waals surface area contributed by atoms with E-state index in [1.54, 1.807) is 6.07 Å². The van der Waals surface area contributed by atoms with Crippen molar-refractivity contribution in [3.63, 3.8) is 0 Å². The highest BCUT2D eigenvalue weighted by Crippen LogP contribution is 2.18. The van der Waals surface area contributed by atoms with Crippen molar-refractivity contribution in [2.45, 2.75) is 6.92 Å². The molecule has 1 heterocycles. The van der Waals surface area contributed by atoms with Crippen LogP contribution in [0.4, 0.5) is 0 Å². The summed E-state index contributed by atoms with van der Waals surface area (Å²) < 4.78 is 1.86. The van der Waals surface area contributed by atoms with E-state index in [-0.39, 0.29) is 0 Å². The quantitative estimate of drug-likeness (QED) is 0.619. The molecule has 0 radical (unpaired) electrons. The first kappa shape index (κ1) is 10.1. The van der Waals surface area contributed by atoms with Gasteiger partial charge in [0.1, 0.15) is 7.05 Å². The van der Waals surface area contributed by atoms with E-state index >= 15 is 0 Å². The number of nitrogens with zero attached hydrogens (tertiary/aromatic N) is 3. The molecule has 0 fully saturated rings. The maximum Gasteiger partial charge on any atom is 0.284 e. The van der Waals surface area contributed by atoms with Crippen molar-refractivity contribution < 1.29 is 4.57 Å². The molecule has 0 aliphatic heterocycles. The van der Waals surface area contributed by atoms with Crippen molar-refractivity contribution in [3.05, 3.63) is 41.2 Å². The molecule has 0 saturated heterocycles. The third kappa shape index (κ3) is 1.39. The lowest BCUT2D eigenvalue weighted by Gasteiger charge is -2.02. The maximum absolute atomic E-state index is 8.99. The Bertz CT molecular complexity index is 657. The third-order valence-corrected chi connectivity index (χ3v) is 2.84. The van der Waals surface area contributed by atoms with Crippen LogP contribution in [0.2, 0.25) is 0 Å². The van der Waals surface area contributed by atoms with Gasteiger partial charge in [0.15, 0.2) is 11.8 Å². The number of rotatable bonds is 0. The van der Waals surface area contributed by atoms with Crippen molar-refractivity contribution >= 4 is 10.8 Å². The van der Waals surface area contributed by atoms with Gasteiger partial charge in [0.25, 0.3) is 5.69 Å². The number of aromatic nitrogens is 1. The second-order valence-corrected chi connectivity index (χ2v) is 3.70. The van der Waals surface area contributed by atoms with E-state index in [0.717, 1.165) is 16.5 Å². The zero-order valence-electron chi connectivity index (χ0n) is 9.15. The number of aryl methyl sites for hydroxylation is 1. The summed E-state index contributed by atoms with van der Waals surface area (Å²) >= 11 is 0. The fraction of sp³-hybridized carbons (Fsp3) is 0.154. The molecule has 0 aliphatic carbocycles. The van der Waals surface area contributed by atoms with Crippen LogP contribution in [0.1, 0.15) is 17.0 Å². The van der Waals surface area contributed by atoms with Gasteiger partial charge in [-0.15, -0.1) is 0 Å². The highest BCUT2D eigenvalue weighted by atomic mass is 14.9. The van der Waals surface area contributed by atoms with Crippen LogP contribution in [0.25, 0.3) is 10.8 Å². The fourth-order valence-corrected chi connectivity index (χ4v) is 1.79. The lowest BCUT2D eigenvalue weighted by Crippen LogP contribution is -2.35. The Labute approximate surface area is 93.8 Å². The first-order chi connectivity index (χ1) is 7.67. The summed E-state index contributed by atoms with van der Waals surface area (Å²) in [6.45, 7) is 1.97. The molecule has 1 aromatic carbocycles. The molecule has 0 saturated carbocycles. The fourth-order valence-electron chi connectivity index (χ4n) is 1.79. The Morgan fingerprint density at radius 2 is 1.88 bits per heavy atom. The lowest BCUT2D eigenvalue weighted by atomic mass is 10.1. The topological polar surface area (TPSA) is 51.5 Å². The molecule has 0 atom stereocenters. The predicted octanol–water partition coefficient (Wildman–Crippen LogP) is 1.72. The molecule has 0 aliphatic rings. The zero-order chi connectivity index (χ0) is 11.7. The van der Waals surface area contributed by atoms with Crippen molar-refractivity contribution in [1.29, 1.82) is 10.5 Å². The number of pyridine rings is 1. The van der Waals surface area contributed by atoms with Crippen LogP contribution in [0, 0.1) is 29.6 Å². The summed E-state index contributed by atoms with van der Waals surface area (Å²) in [5.74, 6) is 0. The van der Waals surface area contributed by atoms with Gasteiger partial charge in [0.2, 0.25) is 0 Å². The Hall–Kier alpha value is -2.39. The normalized spacial score (nSPS) is 9.75. The van der Waals surface area contributed by atoms with E-state index in [2.05, 4.69) is 12.1 Å².